The van der Waals surface area contributed by atoms with Crippen molar-refractivity contribution in [1.82, 2.24) is 5.32 Å². The molecular weight excluding hydrogens is 416 g/mol. The van der Waals surface area contributed by atoms with Crippen LogP contribution < -0.4 is 14.4 Å². The van der Waals surface area contributed by atoms with Gasteiger partial charge in [0.1, 0.15) is 18.1 Å². The van der Waals surface area contributed by atoms with Crippen LogP contribution in [0.25, 0.3) is 6.08 Å². The average Bonchev–Trinajstić information content (AvgIpc) is 2.96. The second kappa shape index (κ2) is 8.93. The number of nitrogens with one attached hydrogen (secondary N) is 1. The van der Waals surface area contributed by atoms with Crippen molar-refractivity contribution in [1.29, 1.82) is 0 Å². The van der Waals surface area contributed by atoms with Gasteiger partial charge in [-0.3, -0.25) is 13.9 Å². The van der Waals surface area contributed by atoms with Crippen LogP contribution in [-0.2, 0) is 26.2 Å². The molecule has 1 heterocycles. The zero-order chi connectivity index (χ0) is 22.6. The van der Waals surface area contributed by atoms with E-state index in [1.165, 1.54) is 6.92 Å². The first-order valence-electron chi connectivity index (χ1n) is 9.87. The molecule has 1 N–H and O–H groups in total. The molecule has 164 valence electrons. The predicted octanol–water partition coefficient (Wildman–Crippen LogP) is 2.91. The second-order valence-electron chi connectivity index (χ2n) is 8.04. The van der Waals surface area contributed by atoms with Gasteiger partial charge in [0, 0.05) is 6.92 Å². The summed E-state index contributed by atoms with van der Waals surface area (Å²) in [4.78, 5) is 23.2. The third-order valence-electron chi connectivity index (χ3n) is 4.68. The standard InChI is InChI=1S/C23H26N2O5S/c1-17(26)24-23(2,3)12-11-18-9-10-21(25-14-20(27)16-31(25,28)29)22(13-18)30-15-19-7-5-4-6-8-19/h4-13H,14-16H2,1-3H3,(H,24,26)/b12-11+. The van der Waals surface area contributed by atoms with Crippen molar-refractivity contribution < 1.29 is 22.7 Å². The van der Waals surface area contributed by atoms with E-state index in [-0.39, 0.29) is 24.8 Å². The minimum Gasteiger partial charge on any atom is -0.487 e. The molecule has 2 aromatic rings. The van der Waals surface area contributed by atoms with Gasteiger partial charge in [-0.05, 0) is 37.1 Å². The normalized spacial score (nSPS) is 16.0. The highest BCUT2D eigenvalue weighted by Crippen LogP contribution is 2.34. The van der Waals surface area contributed by atoms with Gasteiger partial charge in [-0.1, -0.05) is 48.6 Å². The van der Waals surface area contributed by atoms with E-state index in [1.54, 1.807) is 18.2 Å². The molecule has 0 atom stereocenters. The number of ketones is 1. The summed E-state index contributed by atoms with van der Waals surface area (Å²) in [6.07, 6.45) is 3.68. The van der Waals surface area contributed by atoms with Crippen molar-refractivity contribution in [2.75, 3.05) is 16.6 Å². The van der Waals surface area contributed by atoms with Crippen molar-refractivity contribution in [2.24, 2.45) is 0 Å². The van der Waals surface area contributed by atoms with Gasteiger partial charge in [-0.25, -0.2) is 8.42 Å². The Morgan fingerprint density at radius 2 is 1.90 bits per heavy atom. The maximum Gasteiger partial charge on any atom is 0.242 e. The smallest absolute Gasteiger partial charge is 0.242 e. The first-order chi connectivity index (χ1) is 14.6. The van der Waals surface area contributed by atoms with E-state index in [9.17, 15) is 18.0 Å². The van der Waals surface area contributed by atoms with Crippen molar-refractivity contribution in [3.05, 3.63) is 65.7 Å². The third kappa shape index (κ3) is 5.95. The van der Waals surface area contributed by atoms with E-state index in [4.69, 9.17) is 4.74 Å². The van der Waals surface area contributed by atoms with Crippen molar-refractivity contribution in [3.8, 4) is 5.75 Å². The average molecular weight is 443 g/mol. The third-order valence-corrected chi connectivity index (χ3v) is 6.36. The summed E-state index contributed by atoms with van der Waals surface area (Å²) < 4.78 is 32.0. The Labute approximate surface area is 182 Å². The van der Waals surface area contributed by atoms with Gasteiger partial charge < -0.3 is 10.1 Å². The number of sulfonamides is 1. The molecule has 1 saturated heterocycles. The molecule has 0 unspecified atom stereocenters. The maximum absolute atomic E-state index is 12.4. The topological polar surface area (TPSA) is 92.8 Å². The van der Waals surface area contributed by atoms with Crippen LogP contribution in [0.15, 0.2) is 54.6 Å². The molecule has 0 aromatic heterocycles. The van der Waals surface area contributed by atoms with Crippen LogP contribution in [0.3, 0.4) is 0 Å². The summed E-state index contributed by atoms with van der Waals surface area (Å²) >= 11 is 0. The van der Waals surface area contributed by atoms with Gasteiger partial charge >= 0.3 is 0 Å². The summed E-state index contributed by atoms with van der Waals surface area (Å²) in [5.74, 6) is -0.630. The molecule has 0 aliphatic carbocycles. The molecule has 2 aromatic carbocycles. The predicted molar refractivity (Wildman–Crippen MR) is 120 cm³/mol. The van der Waals surface area contributed by atoms with Crippen molar-refractivity contribution in [2.45, 2.75) is 32.9 Å². The van der Waals surface area contributed by atoms with E-state index in [2.05, 4.69) is 5.32 Å². The number of anilines is 1. The Hall–Kier alpha value is -3.13. The number of carbonyl (C=O) groups is 2. The fraction of sp³-hybridized carbons (Fsp3) is 0.304. The van der Waals surface area contributed by atoms with Gasteiger partial charge in [-0.2, -0.15) is 0 Å². The zero-order valence-electron chi connectivity index (χ0n) is 17.8. The van der Waals surface area contributed by atoms with E-state index in [0.29, 0.717) is 11.4 Å². The highest BCUT2D eigenvalue weighted by atomic mass is 32.2. The molecule has 0 saturated carbocycles. The number of Topliss-reactive ketones (excluding diaryl/α,β-unsaturated/α-hetero) is 1. The fourth-order valence-electron chi connectivity index (χ4n) is 3.31. The first-order valence-corrected chi connectivity index (χ1v) is 11.5. The number of benzene rings is 2. The lowest BCUT2D eigenvalue weighted by Crippen LogP contribution is -2.40. The van der Waals surface area contributed by atoms with E-state index < -0.39 is 21.3 Å². The van der Waals surface area contributed by atoms with Crippen molar-refractivity contribution in [3.63, 3.8) is 0 Å². The maximum atomic E-state index is 12.4. The lowest BCUT2D eigenvalue weighted by molar-refractivity contribution is -0.120. The summed E-state index contributed by atoms with van der Waals surface area (Å²) in [5, 5.41) is 2.84. The number of ether oxygens (including phenoxy) is 1. The highest BCUT2D eigenvalue weighted by molar-refractivity contribution is 7.94. The Morgan fingerprint density at radius 3 is 2.52 bits per heavy atom. The largest absolute Gasteiger partial charge is 0.487 e. The molecule has 1 fully saturated rings. The summed E-state index contributed by atoms with van der Waals surface area (Å²) in [6, 6.07) is 14.6. The lowest BCUT2D eigenvalue weighted by atomic mass is 10.0. The van der Waals surface area contributed by atoms with Gasteiger partial charge in [0.25, 0.3) is 0 Å². The number of nitrogens with zero attached hydrogens (tertiary/aromatic N) is 1. The minimum absolute atomic E-state index is 0.138. The summed E-state index contributed by atoms with van der Waals surface area (Å²) in [6.45, 7) is 5.25. The number of amides is 1. The highest BCUT2D eigenvalue weighted by Gasteiger charge is 2.36. The Kier molecular flexibility index (Phi) is 6.50. The second-order valence-corrected chi connectivity index (χ2v) is 9.93. The molecule has 1 aliphatic rings. The van der Waals surface area contributed by atoms with Gasteiger partial charge in [0.15, 0.2) is 5.78 Å². The first kappa shape index (κ1) is 22.6. The molecule has 31 heavy (non-hydrogen) atoms. The number of hydrogen-bond donors (Lipinski definition) is 1. The van der Waals surface area contributed by atoms with E-state index >= 15 is 0 Å². The van der Waals surface area contributed by atoms with Crippen LogP contribution in [0.2, 0.25) is 0 Å². The van der Waals surface area contributed by atoms with Gasteiger partial charge in [0.2, 0.25) is 15.9 Å². The molecule has 0 bridgehead atoms. The number of rotatable bonds is 7. The van der Waals surface area contributed by atoms with Crippen molar-refractivity contribution >= 4 is 33.5 Å². The molecule has 1 amide bonds. The molecule has 0 spiro atoms. The quantitative estimate of drug-likeness (QED) is 0.712. The Bertz CT molecular complexity index is 1110. The SMILES string of the molecule is CC(=O)NC(C)(C)/C=C/c1ccc(N2CC(=O)CS2(=O)=O)c(OCc2ccccc2)c1. The Morgan fingerprint density at radius 1 is 1.19 bits per heavy atom. The molecule has 7 nitrogen and oxygen atoms in total. The molecular formula is C23H26N2O5S. The molecule has 8 heteroatoms. The number of hydrogen-bond acceptors (Lipinski definition) is 5. The molecule has 1 aliphatic heterocycles. The van der Waals surface area contributed by atoms with E-state index in [1.807, 2.05) is 56.3 Å². The van der Waals surface area contributed by atoms with Crippen LogP contribution in [0, 0.1) is 0 Å². The Balaban J connectivity index is 1.93. The van der Waals surface area contributed by atoms with E-state index in [0.717, 1.165) is 15.4 Å². The summed E-state index contributed by atoms with van der Waals surface area (Å²) in [7, 11) is -3.72. The van der Waals surface area contributed by atoms with Crippen LogP contribution >= 0.6 is 0 Å². The van der Waals surface area contributed by atoms with Crippen LogP contribution in [-0.4, -0.2) is 37.9 Å². The molecule has 3 rings (SSSR count). The summed E-state index contributed by atoms with van der Waals surface area (Å²) in [5.41, 5.74) is 1.48. The van der Waals surface area contributed by atoms with Crippen LogP contribution in [0.1, 0.15) is 31.9 Å². The minimum atomic E-state index is -3.72. The lowest BCUT2D eigenvalue weighted by Gasteiger charge is -2.22. The van der Waals surface area contributed by atoms with Gasteiger partial charge in [0.05, 0.1) is 17.8 Å². The fourth-order valence-corrected chi connectivity index (χ4v) is 4.76. The monoisotopic (exact) mass is 442 g/mol. The van der Waals surface area contributed by atoms with Gasteiger partial charge in [-0.15, -0.1) is 0 Å². The molecule has 0 radical (unpaired) electrons. The van der Waals surface area contributed by atoms with Crippen LogP contribution in [0.5, 0.6) is 5.75 Å². The number of carbonyl (C=O) groups excluding carboxylic acids is 2. The zero-order valence-corrected chi connectivity index (χ0v) is 18.6. The van der Waals surface area contributed by atoms with Crippen LogP contribution in [0.4, 0.5) is 5.69 Å².